The number of benzene rings is 2. The first kappa shape index (κ1) is 22.6. The van der Waals surface area contributed by atoms with Crippen LogP contribution < -0.4 is 10.4 Å². The number of allylic oxidation sites excluding steroid dienone is 1. The van der Waals surface area contributed by atoms with Crippen molar-refractivity contribution in [2.24, 2.45) is 0 Å². The summed E-state index contributed by atoms with van der Waals surface area (Å²) in [5, 5.41) is 14.2. The Morgan fingerprint density at radius 1 is 1.03 bits per heavy atom. The number of carbonyl (C=O) groups is 2. The number of amides is 1. The summed E-state index contributed by atoms with van der Waals surface area (Å²) in [7, 11) is 0. The highest BCUT2D eigenvalue weighted by molar-refractivity contribution is 5.83. The summed E-state index contributed by atoms with van der Waals surface area (Å²) < 4.78 is 5.49. The maximum absolute atomic E-state index is 12.5. The van der Waals surface area contributed by atoms with E-state index in [1.54, 1.807) is 0 Å². The maximum atomic E-state index is 12.5. The van der Waals surface area contributed by atoms with Gasteiger partial charge in [0.05, 0.1) is 11.5 Å². The summed E-state index contributed by atoms with van der Waals surface area (Å²) in [5.74, 6) is -1.37. The Morgan fingerprint density at radius 3 is 2.19 bits per heavy atom. The summed E-state index contributed by atoms with van der Waals surface area (Å²) in [6.45, 7) is 5.32. The zero-order valence-corrected chi connectivity index (χ0v) is 18.1. The third-order valence-corrected chi connectivity index (χ3v) is 6.01. The van der Waals surface area contributed by atoms with Gasteiger partial charge in [-0.15, -0.1) is 6.58 Å². The molecule has 0 spiro atoms. The molecule has 0 heterocycles. The quantitative estimate of drug-likeness (QED) is 0.427. The van der Waals surface area contributed by atoms with Gasteiger partial charge < -0.3 is 20.0 Å². The number of carbonyl (C=O) groups excluding carboxylic acids is 2. The van der Waals surface area contributed by atoms with Crippen molar-refractivity contribution in [3.63, 3.8) is 0 Å². The van der Waals surface area contributed by atoms with E-state index in [2.05, 4.69) is 24.0 Å². The fraction of sp³-hybridized carbons (Fsp3) is 0.385. The standard InChI is InChI=1S/C26H31NO4/c1-3-4-5-6-7-12-17-26(2,24(28)29)27-25(30)31-18-23-21-15-10-8-13-19(21)20-14-9-11-16-22(20)23/h3,8-11,13-16,23H,1,4-7,12,17-18H2,2H3,(H,27,30)(H,28,29)/p-1/t26-/m1/s1. The van der Waals surface area contributed by atoms with Gasteiger partial charge >= 0.3 is 6.09 Å². The molecular weight excluding hydrogens is 390 g/mol. The van der Waals surface area contributed by atoms with Crippen molar-refractivity contribution in [2.75, 3.05) is 6.61 Å². The predicted molar refractivity (Wildman–Crippen MR) is 120 cm³/mol. The van der Waals surface area contributed by atoms with E-state index in [0.717, 1.165) is 47.9 Å². The second-order valence-corrected chi connectivity index (χ2v) is 8.31. The van der Waals surface area contributed by atoms with Crippen LogP contribution in [0.4, 0.5) is 4.79 Å². The third-order valence-electron chi connectivity index (χ3n) is 6.01. The number of alkyl carbamates (subject to hydrolysis) is 1. The van der Waals surface area contributed by atoms with Crippen molar-refractivity contribution >= 4 is 12.1 Å². The first-order valence-electron chi connectivity index (χ1n) is 10.9. The number of carboxylic acid groups (broad SMARTS) is 1. The number of hydrogen-bond donors (Lipinski definition) is 1. The molecule has 31 heavy (non-hydrogen) atoms. The van der Waals surface area contributed by atoms with Crippen molar-refractivity contribution in [1.82, 2.24) is 5.32 Å². The highest BCUT2D eigenvalue weighted by Crippen LogP contribution is 2.44. The molecule has 164 valence electrons. The fourth-order valence-corrected chi connectivity index (χ4v) is 4.20. The molecule has 2 aromatic rings. The van der Waals surface area contributed by atoms with Crippen molar-refractivity contribution in [3.8, 4) is 11.1 Å². The molecule has 0 saturated heterocycles. The summed E-state index contributed by atoms with van der Waals surface area (Å²) in [5.41, 5.74) is 3.05. The van der Waals surface area contributed by atoms with Crippen LogP contribution in [0, 0.1) is 0 Å². The van der Waals surface area contributed by atoms with Crippen LogP contribution in [0.3, 0.4) is 0 Å². The van der Waals surface area contributed by atoms with E-state index >= 15 is 0 Å². The van der Waals surface area contributed by atoms with E-state index in [0.29, 0.717) is 12.8 Å². The smallest absolute Gasteiger partial charge is 0.407 e. The van der Waals surface area contributed by atoms with Crippen molar-refractivity contribution in [3.05, 3.63) is 72.3 Å². The summed E-state index contributed by atoms with van der Waals surface area (Å²) in [6, 6.07) is 16.1. The number of carboxylic acids is 1. The van der Waals surface area contributed by atoms with E-state index < -0.39 is 17.6 Å². The van der Waals surface area contributed by atoms with E-state index in [-0.39, 0.29) is 12.5 Å². The minimum absolute atomic E-state index is 0.0720. The van der Waals surface area contributed by atoms with Gasteiger partial charge in [-0.2, -0.15) is 0 Å². The van der Waals surface area contributed by atoms with Crippen LogP contribution in [0.5, 0.6) is 0 Å². The number of rotatable bonds is 11. The molecule has 0 fully saturated rings. The molecule has 1 atom stereocenters. The Hall–Kier alpha value is -3.08. The van der Waals surface area contributed by atoms with Crippen LogP contribution in [0.15, 0.2) is 61.2 Å². The normalized spacial score (nSPS) is 14.2. The maximum Gasteiger partial charge on any atom is 0.407 e. The van der Waals surface area contributed by atoms with Gasteiger partial charge in [0.25, 0.3) is 0 Å². The summed E-state index contributed by atoms with van der Waals surface area (Å²) in [6.07, 6.45) is 6.01. The lowest BCUT2D eigenvalue weighted by Crippen LogP contribution is -2.58. The van der Waals surface area contributed by atoms with E-state index in [1.165, 1.54) is 6.92 Å². The molecule has 1 aliphatic carbocycles. The second-order valence-electron chi connectivity index (χ2n) is 8.31. The summed E-state index contributed by atoms with van der Waals surface area (Å²) >= 11 is 0. The van der Waals surface area contributed by atoms with Crippen molar-refractivity contribution < 1.29 is 19.4 Å². The molecule has 0 bridgehead atoms. The van der Waals surface area contributed by atoms with E-state index in [4.69, 9.17) is 4.74 Å². The zero-order valence-electron chi connectivity index (χ0n) is 18.1. The molecular formula is C26H30NO4-. The van der Waals surface area contributed by atoms with Crippen LogP contribution in [0.1, 0.15) is 62.5 Å². The lowest BCUT2D eigenvalue weighted by Gasteiger charge is -2.31. The Labute approximate surface area is 184 Å². The largest absolute Gasteiger partial charge is 0.548 e. The topological polar surface area (TPSA) is 78.5 Å². The molecule has 3 rings (SSSR count). The van der Waals surface area contributed by atoms with Gasteiger partial charge in [-0.25, -0.2) is 4.79 Å². The number of nitrogens with one attached hydrogen (secondary N) is 1. The number of unbranched alkanes of at least 4 members (excludes halogenated alkanes) is 4. The lowest BCUT2D eigenvalue weighted by atomic mass is 9.94. The molecule has 2 aromatic carbocycles. The van der Waals surface area contributed by atoms with Gasteiger partial charge in [0.1, 0.15) is 6.61 Å². The predicted octanol–water partition coefficient (Wildman–Crippen LogP) is 4.56. The van der Waals surface area contributed by atoms with Gasteiger partial charge in [-0.3, -0.25) is 0 Å². The molecule has 1 N–H and O–H groups in total. The molecule has 0 unspecified atom stereocenters. The summed E-state index contributed by atoms with van der Waals surface area (Å²) in [4.78, 5) is 24.2. The van der Waals surface area contributed by atoms with Gasteiger partial charge in [0.15, 0.2) is 0 Å². The van der Waals surface area contributed by atoms with Gasteiger partial charge in [0.2, 0.25) is 0 Å². The van der Waals surface area contributed by atoms with Gasteiger partial charge in [-0.1, -0.05) is 73.9 Å². The minimum atomic E-state index is -1.46. The Balaban J connectivity index is 1.58. The Kier molecular flexibility index (Phi) is 7.50. The molecule has 1 amide bonds. The van der Waals surface area contributed by atoms with Gasteiger partial charge in [0, 0.05) is 5.92 Å². The van der Waals surface area contributed by atoms with E-state index in [9.17, 15) is 14.7 Å². The highest BCUT2D eigenvalue weighted by Gasteiger charge is 2.31. The highest BCUT2D eigenvalue weighted by atomic mass is 16.5. The molecule has 0 aromatic heterocycles. The first-order chi connectivity index (χ1) is 15.0. The first-order valence-corrected chi connectivity index (χ1v) is 10.9. The van der Waals surface area contributed by atoms with Crippen LogP contribution in [-0.4, -0.2) is 24.2 Å². The monoisotopic (exact) mass is 420 g/mol. The number of ether oxygens (including phenoxy) is 1. The average molecular weight is 421 g/mol. The van der Waals surface area contributed by atoms with Crippen molar-refractivity contribution in [1.29, 1.82) is 0 Å². The Bertz CT molecular complexity index is 893. The van der Waals surface area contributed by atoms with Crippen LogP contribution in [0.2, 0.25) is 0 Å². The molecule has 0 radical (unpaired) electrons. The lowest BCUT2D eigenvalue weighted by molar-refractivity contribution is -0.313. The Morgan fingerprint density at radius 2 is 1.61 bits per heavy atom. The average Bonchev–Trinajstić information content (AvgIpc) is 3.08. The number of aliphatic carboxylic acids is 1. The molecule has 0 saturated carbocycles. The van der Waals surface area contributed by atoms with Gasteiger partial charge in [-0.05, 0) is 48.4 Å². The minimum Gasteiger partial charge on any atom is -0.548 e. The number of fused-ring (bicyclic) bond motifs is 3. The van der Waals surface area contributed by atoms with Crippen molar-refractivity contribution in [2.45, 2.75) is 56.9 Å². The van der Waals surface area contributed by atoms with Crippen LogP contribution in [0.25, 0.3) is 11.1 Å². The zero-order chi connectivity index (χ0) is 22.3. The number of hydrogen-bond acceptors (Lipinski definition) is 4. The molecule has 0 aliphatic heterocycles. The molecule has 5 heteroatoms. The van der Waals surface area contributed by atoms with E-state index in [1.807, 2.05) is 42.5 Å². The molecule has 5 nitrogen and oxygen atoms in total. The fourth-order valence-electron chi connectivity index (χ4n) is 4.20. The van der Waals surface area contributed by atoms with Crippen LogP contribution >= 0.6 is 0 Å². The van der Waals surface area contributed by atoms with Crippen LogP contribution in [-0.2, 0) is 9.53 Å². The SMILES string of the molecule is C=CCCCCCC[C@@](C)(NC(=O)OCC1c2ccccc2-c2ccccc21)C(=O)[O-]. The second kappa shape index (κ2) is 10.3. The molecule has 1 aliphatic rings. The third kappa shape index (κ3) is 5.35.